The first kappa shape index (κ1) is 25.0. The number of ether oxygens (including phenoxy) is 2. The first-order chi connectivity index (χ1) is 16.4. The van der Waals surface area contributed by atoms with Crippen LogP contribution in [-0.4, -0.2) is 42.3 Å². The number of carbonyl (C=O) groups is 1. The van der Waals surface area contributed by atoms with Crippen molar-refractivity contribution in [1.82, 2.24) is 4.90 Å². The van der Waals surface area contributed by atoms with E-state index < -0.39 is 23.8 Å². The Morgan fingerprint density at radius 1 is 1.17 bits per heavy atom. The van der Waals surface area contributed by atoms with Gasteiger partial charge in [-0.3, -0.25) is 4.79 Å². The molecule has 4 aliphatic rings. The fourth-order valence-corrected chi connectivity index (χ4v) is 6.03. The first-order valence-corrected chi connectivity index (χ1v) is 12.4. The van der Waals surface area contributed by atoms with E-state index in [0.717, 1.165) is 12.1 Å². The molecule has 1 spiro atoms. The van der Waals surface area contributed by atoms with Crippen molar-refractivity contribution in [3.8, 4) is 0 Å². The van der Waals surface area contributed by atoms with Crippen LogP contribution in [0.4, 0.5) is 13.2 Å². The van der Waals surface area contributed by atoms with Crippen molar-refractivity contribution >= 4 is 40.7 Å². The van der Waals surface area contributed by atoms with Gasteiger partial charge in [-0.05, 0) is 23.3 Å². The predicted octanol–water partition coefficient (Wildman–Crippen LogP) is 6.70. The van der Waals surface area contributed by atoms with Gasteiger partial charge in [-0.2, -0.15) is 13.2 Å². The van der Waals surface area contributed by atoms with Crippen LogP contribution in [0.25, 0.3) is 0 Å². The average molecular weight is 549 g/mol. The number of fused-ring (bicyclic) bond motifs is 2. The molecule has 2 fully saturated rings. The van der Waals surface area contributed by atoms with Gasteiger partial charge >= 0.3 is 6.18 Å². The van der Waals surface area contributed by atoms with E-state index in [9.17, 15) is 18.0 Å². The molecule has 1 aliphatic carbocycles. The number of alkyl halides is 3. The van der Waals surface area contributed by atoms with E-state index in [1.54, 1.807) is 4.90 Å². The molecule has 3 atom stereocenters. The highest BCUT2D eigenvalue weighted by atomic mass is 35.5. The number of benzene rings is 1. The number of halogens is 6. The number of rotatable bonds is 3. The van der Waals surface area contributed by atoms with E-state index in [1.807, 2.05) is 32.1 Å². The number of amides is 1. The number of hydrogen-bond donors (Lipinski definition) is 0. The Hall–Kier alpha value is -1.67. The highest BCUT2D eigenvalue weighted by molar-refractivity contribution is 6.48. The lowest BCUT2D eigenvalue weighted by Crippen LogP contribution is -2.66. The maximum atomic E-state index is 14.4. The summed E-state index contributed by atoms with van der Waals surface area (Å²) in [7, 11) is 0. The summed E-state index contributed by atoms with van der Waals surface area (Å²) in [5, 5.41) is -0.161. The minimum atomic E-state index is -4.73. The summed E-state index contributed by atoms with van der Waals surface area (Å²) in [6, 6.07) is 2.30. The zero-order valence-corrected chi connectivity index (χ0v) is 21.2. The smallest absolute Gasteiger partial charge is 0.432 e. The van der Waals surface area contributed by atoms with Crippen molar-refractivity contribution in [3.05, 3.63) is 68.4 Å². The van der Waals surface area contributed by atoms with Gasteiger partial charge in [0.15, 0.2) is 0 Å². The Morgan fingerprint density at radius 2 is 1.83 bits per heavy atom. The molecular formula is C25H23Cl3F3NO3. The molecule has 0 saturated carbocycles. The van der Waals surface area contributed by atoms with Crippen molar-refractivity contribution < 1.29 is 27.4 Å². The van der Waals surface area contributed by atoms with Gasteiger partial charge in [-0.15, -0.1) is 0 Å². The van der Waals surface area contributed by atoms with Gasteiger partial charge in [0, 0.05) is 29.7 Å². The Kier molecular flexibility index (Phi) is 6.03. The van der Waals surface area contributed by atoms with Gasteiger partial charge in [0.1, 0.15) is 5.60 Å². The van der Waals surface area contributed by atoms with Gasteiger partial charge in [0.05, 0.1) is 41.0 Å². The summed E-state index contributed by atoms with van der Waals surface area (Å²) < 4.78 is 54.6. The zero-order valence-electron chi connectivity index (χ0n) is 19.0. The number of hydrogen-bond acceptors (Lipinski definition) is 3. The second kappa shape index (κ2) is 8.44. The van der Waals surface area contributed by atoms with Crippen molar-refractivity contribution in [3.63, 3.8) is 0 Å². The van der Waals surface area contributed by atoms with Crippen molar-refractivity contribution in [2.45, 2.75) is 37.6 Å². The largest absolute Gasteiger partial charge is 0.480 e. The van der Waals surface area contributed by atoms with E-state index in [1.165, 1.54) is 6.26 Å². The van der Waals surface area contributed by atoms with Crippen molar-refractivity contribution in [2.24, 2.45) is 17.8 Å². The highest BCUT2D eigenvalue weighted by Crippen LogP contribution is 2.54. The van der Waals surface area contributed by atoms with E-state index in [2.05, 4.69) is 0 Å². The van der Waals surface area contributed by atoms with Crippen LogP contribution in [0.2, 0.25) is 15.1 Å². The molecule has 3 aliphatic heterocycles. The van der Waals surface area contributed by atoms with Crippen molar-refractivity contribution in [1.29, 1.82) is 0 Å². The number of likely N-dealkylation sites (tertiary alicyclic amines) is 1. The van der Waals surface area contributed by atoms with Crippen LogP contribution >= 0.6 is 34.8 Å². The highest BCUT2D eigenvalue weighted by Gasteiger charge is 2.61. The standard InChI is InChI=1S/C25H23Cl3F3NO3/c1-13(2)22(33)32-11-23(12-32)18-4-3-14(5-15(18)9-34-23)16-8-24(35-10-16,25(29,30)31)17-6-19(26)21(28)20(27)7-17/h3-7,10,13,15,18H,8-9,11-12H2,1-2H3. The summed E-state index contributed by atoms with van der Waals surface area (Å²) in [6.07, 6.45) is 1.78. The molecule has 0 aromatic heterocycles. The van der Waals surface area contributed by atoms with Crippen LogP contribution in [0.3, 0.4) is 0 Å². The lowest BCUT2D eigenvalue weighted by Gasteiger charge is -2.50. The average Bonchev–Trinajstić information content (AvgIpc) is 3.38. The molecule has 5 rings (SSSR count). The van der Waals surface area contributed by atoms with Gasteiger partial charge in [0.2, 0.25) is 11.5 Å². The molecule has 188 valence electrons. The molecular weight excluding hydrogens is 526 g/mol. The SMILES string of the molecule is CC(C)C(=O)N1CC2(C1)OCC1C=C(C3=COC(c4cc(Cl)c(Cl)c(Cl)c4)(C(F)(F)F)C3)C=CC12. The Balaban J connectivity index is 1.36. The van der Waals surface area contributed by atoms with Crippen LogP contribution in [0, 0.1) is 17.8 Å². The quantitative estimate of drug-likeness (QED) is 0.395. The monoisotopic (exact) mass is 547 g/mol. The molecule has 3 heterocycles. The molecule has 35 heavy (non-hydrogen) atoms. The van der Waals surface area contributed by atoms with E-state index in [0.29, 0.717) is 30.8 Å². The van der Waals surface area contributed by atoms with E-state index in [-0.39, 0.29) is 44.3 Å². The zero-order chi connectivity index (χ0) is 25.3. The fraction of sp³-hybridized carbons (Fsp3) is 0.480. The Bertz CT molecular complexity index is 1150. The number of carbonyl (C=O) groups excluding carboxylic acids is 1. The first-order valence-electron chi connectivity index (χ1n) is 11.3. The molecule has 0 N–H and O–H groups in total. The molecule has 1 aromatic rings. The summed E-state index contributed by atoms with van der Waals surface area (Å²) >= 11 is 18.0. The molecule has 10 heteroatoms. The number of allylic oxidation sites excluding steroid dienone is 2. The molecule has 4 nitrogen and oxygen atoms in total. The van der Waals surface area contributed by atoms with E-state index >= 15 is 0 Å². The predicted molar refractivity (Wildman–Crippen MR) is 127 cm³/mol. The summed E-state index contributed by atoms with van der Waals surface area (Å²) in [6.45, 7) is 5.24. The van der Waals surface area contributed by atoms with E-state index in [4.69, 9.17) is 44.3 Å². The molecule has 2 saturated heterocycles. The third-order valence-electron chi connectivity index (χ3n) is 7.35. The second-order valence-electron chi connectivity index (χ2n) is 9.91. The van der Waals surface area contributed by atoms with Crippen LogP contribution in [-0.2, 0) is 19.9 Å². The van der Waals surface area contributed by atoms with Gasteiger partial charge in [-0.1, -0.05) is 66.9 Å². The normalized spacial score (nSPS) is 29.1. The molecule has 1 aromatic carbocycles. The third-order valence-corrected chi connectivity index (χ3v) is 8.55. The summed E-state index contributed by atoms with van der Waals surface area (Å²) in [5.74, 6) is 0.0866. The van der Waals surface area contributed by atoms with Crippen LogP contribution in [0.1, 0.15) is 25.8 Å². The summed E-state index contributed by atoms with van der Waals surface area (Å²) in [4.78, 5) is 14.1. The molecule has 0 radical (unpaired) electrons. The minimum Gasteiger partial charge on any atom is -0.480 e. The minimum absolute atomic E-state index is 0.00695. The van der Waals surface area contributed by atoms with Gasteiger partial charge in [-0.25, -0.2) is 0 Å². The lowest BCUT2D eigenvalue weighted by molar-refractivity contribution is -0.261. The second-order valence-corrected chi connectivity index (χ2v) is 11.1. The van der Waals surface area contributed by atoms with Gasteiger partial charge in [0.25, 0.3) is 0 Å². The van der Waals surface area contributed by atoms with Gasteiger partial charge < -0.3 is 14.4 Å². The maximum Gasteiger partial charge on any atom is 0.432 e. The summed E-state index contributed by atoms with van der Waals surface area (Å²) in [5.41, 5.74) is -2.17. The number of nitrogens with zero attached hydrogens (tertiary/aromatic N) is 1. The van der Waals surface area contributed by atoms with Crippen LogP contribution < -0.4 is 0 Å². The molecule has 1 amide bonds. The topological polar surface area (TPSA) is 38.8 Å². The lowest BCUT2D eigenvalue weighted by atomic mass is 9.72. The Labute approximate surface area is 216 Å². The van der Waals surface area contributed by atoms with Crippen LogP contribution in [0.5, 0.6) is 0 Å². The van der Waals surface area contributed by atoms with Crippen molar-refractivity contribution in [2.75, 3.05) is 19.7 Å². The fourth-order valence-electron chi connectivity index (χ4n) is 5.44. The Morgan fingerprint density at radius 3 is 2.43 bits per heavy atom. The third kappa shape index (κ3) is 3.90. The van der Waals surface area contributed by atoms with Crippen LogP contribution in [0.15, 0.2) is 47.8 Å². The molecule has 3 unspecified atom stereocenters. The maximum absolute atomic E-state index is 14.4. The molecule has 0 bridgehead atoms.